The molecule has 0 aliphatic carbocycles. The van der Waals surface area contributed by atoms with Gasteiger partial charge in [-0.3, -0.25) is 13.4 Å². The summed E-state index contributed by atoms with van der Waals surface area (Å²) in [4.78, 5) is 15.6. The van der Waals surface area contributed by atoms with E-state index in [1.165, 1.54) is 16.4 Å². The molecule has 0 fully saturated rings. The summed E-state index contributed by atoms with van der Waals surface area (Å²) >= 11 is 0. The summed E-state index contributed by atoms with van der Waals surface area (Å²) in [6.45, 7) is 0. The Hall–Kier alpha value is -6.73. The van der Waals surface area contributed by atoms with Gasteiger partial charge in [0, 0.05) is 22.0 Å². The van der Waals surface area contributed by atoms with Crippen molar-refractivity contribution in [2.45, 2.75) is 0 Å². The van der Waals surface area contributed by atoms with Gasteiger partial charge < -0.3 is 0 Å². The third-order valence-corrected chi connectivity index (χ3v) is 9.56. The lowest BCUT2D eigenvalue weighted by molar-refractivity contribution is 0.986. The maximum atomic E-state index is 5.22. The number of imidazole rings is 3. The average Bonchev–Trinajstić information content (AvgIpc) is 3.87. The minimum Gasteiger partial charge on any atom is -0.294 e. The molecule has 5 heterocycles. The van der Waals surface area contributed by atoms with Crippen LogP contribution >= 0.6 is 0 Å². The second-order valence-electron chi connectivity index (χ2n) is 12.2. The van der Waals surface area contributed by atoms with E-state index in [1.807, 2.05) is 30.3 Å². The monoisotopic (exact) mass is 615 g/mol. The second kappa shape index (κ2) is 9.40. The summed E-state index contributed by atoms with van der Waals surface area (Å²) in [6.07, 6.45) is 0. The molecule has 0 amide bonds. The molecular weight excluding hydrogens is 591 g/mol. The molecule has 0 unspecified atom stereocenters. The van der Waals surface area contributed by atoms with Gasteiger partial charge in [-0.25, -0.2) is 19.5 Å². The van der Waals surface area contributed by atoms with Crippen molar-refractivity contribution in [2.24, 2.45) is 0 Å². The van der Waals surface area contributed by atoms with E-state index in [0.29, 0.717) is 5.95 Å². The zero-order valence-corrected chi connectivity index (χ0v) is 25.6. The van der Waals surface area contributed by atoms with Crippen LogP contribution < -0.4 is 0 Å². The van der Waals surface area contributed by atoms with Gasteiger partial charge >= 0.3 is 0 Å². The van der Waals surface area contributed by atoms with Crippen LogP contribution in [0.2, 0.25) is 0 Å². The van der Waals surface area contributed by atoms with Crippen molar-refractivity contribution >= 4 is 66.3 Å². The smallest absolute Gasteiger partial charge is 0.238 e. The van der Waals surface area contributed by atoms with Crippen LogP contribution in [0, 0.1) is 0 Å². The van der Waals surface area contributed by atoms with Crippen LogP contribution in [0.3, 0.4) is 0 Å². The lowest BCUT2D eigenvalue weighted by Crippen LogP contribution is -2.04. The zero-order valence-electron chi connectivity index (χ0n) is 25.6. The van der Waals surface area contributed by atoms with Crippen molar-refractivity contribution in [3.8, 4) is 22.9 Å². The number of benzene rings is 6. The van der Waals surface area contributed by atoms with Gasteiger partial charge in [-0.05, 0) is 60.7 Å². The molecule has 0 saturated heterocycles. The summed E-state index contributed by atoms with van der Waals surface area (Å²) in [6, 6.07) is 53.0. The first-order valence-corrected chi connectivity index (χ1v) is 16.1. The molecule has 48 heavy (non-hydrogen) atoms. The number of fused-ring (bicyclic) bond motifs is 11. The first kappa shape index (κ1) is 25.5. The van der Waals surface area contributed by atoms with Crippen LogP contribution in [0.5, 0.6) is 0 Å². The summed E-state index contributed by atoms with van der Waals surface area (Å²) in [5.41, 5.74) is 12.5. The van der Waals surface area contributed by atoms with Crippen LogP contribution in [0.25, 0.3) is 89.2 Å². The molecule has 224 valence electrons. The van der Waals surface area contributed by atoms with E-state index in [9.17, 15) is 0 Å². The highest BCUT2D eigenvalue weighted by Crippen LogP contribution is 2.35. The van der Waals surface area contributed by atoms with Gasteiger partial charge in [0.2, 0.25) is 11.7 Å². The van der Waals surface area contributed by atoms with Crippen LogP contribution in [0.1, 0.15) is 0 Å². The van der Waals surface area contributed by atoms with Crippen molar-refractivity contribution in [3.63, 3.8) is 0 Å². The normalized spacial score (nSPS) is 12.2. The van der Waals surface area contributed by atoms with Crippen molar-refractivity contribution < 1.29 is 0 Å². The van der Waals surface area contributed by atoms with Gasteiger partial charge in [-0.15, -0.1) is 0 Å². The predicted molar refractivity (Wildman–Crippen MR) is 193 cm³/mol. The maximum Gasteiger partial charge on any atom is 0.238 e. The van der Waals surface area contributed by atoms with Gasteiger partial charge in [-0.1, -0.05) is 91.0 Å². The van der Waals surface area contributed by atoms with Gasteiger partial charge in [0.25, 0.3) is 0 Å². The Bertz CT molecular complexity index is 3070. The van der Waals surface area contributed by atoms with E-state index in [1.54, 1.807) is 0 Å². The number of para-hydroxylation sites is 6. The molecule has 7 heteroatoms. The van der Waals surface area contributed by atoms with E-state index in [-0.39, 0.29) is 0 Å². The van der Waals surface area contributed by atoms with E-state index in [2.05, 4.69) is 139 Å². The predicted octanol–water partition coefficient (Wildman–Crippen LogP) is 9.39. The van der Waals surface area contributed by atoms with Crippen LogP contribution in [0.4, 0.5) is 0 Å². The molecule has 0 N–H and O–H groups in total. The number of aromatic nitrogens is 7. The van der Waals surface area contributed by atoms with E-state index >= 15 is 0 Å². The third-order valence-electron chi connectivity index (χ3n) is 9.56. The van der Waals surface area contributed by atoms with Crippen molar-refractivity contribution in [2.75, 3.05) is 0 Å². The Morgan fingerprint density at radius 3 is 1.92 bits per heavy atom. The average molecular weight is 616 g/mol. The first-order valence-electron chi connectivity index (χ1n) is 16.1. The standard InChI is InChI=1S/C41H25N7/c1-2-12-26(13-3-1)39-29-15-5-6-16-30(29)42-40(44-39)48-36-21-11-10-20-35(36)47-37-25-28(22-23-31(37)43-41(47)48)45-33-18-8-9-19-34(33)46-32-17-7-4-14-27(32)24-38(45)46/h1-25H. The van der Waals surface area contributed by atoms with Crippen molar-refractivity contribution in [1.82, 2.24) is 32.9 Å². The maximum absolute atomic E-state index is 5.22. The van der Waals surface area contributed by atoms with Gasteiger partial charge in [0.1, 0.15) is 5.65 Å². The Labute approximate surface area is 273 Å². The van der Waals surface area contributed by atoms with E-state index in [4.69, 9.17) is 15.0 Å². The summed E-state index contributed by atoms with van der Waals surface area (Å²) in [5, 5.41) is 2.23. The van der Waals surface area contributed by atoms with Crippen LogP contribution in [-0.2, 0) is 0 Å². The van der Waals surface area contributed by atoms with E-state index in [0.717, 1.165) is 66.9 Å². The molecule has 0 bridgehead atoms. The molecule has 11 aromatic rings. The number of hydrogen-bond acceptors (Lipinski definition) is 3. The SMILES string of the molecule is c1ccc(-c2nc(-n3c4ccccc4n4c5cc(-n6c7ccccc7n7c8ccccc8cc67)ccc5nc34)nc3ccccc23)cc1. The molecule has 6 aromatic carbocycles. The molecule has 0 radical (unpaired) electrons. The summed E-state index contributed by atoms with van der Waals surface area (Å²) in [7, 11) is 0. The van der Waals surface area contributed by atoms with Gasteiger partial charge in [-0.2, -0.15) is 0 Å². The molecular formula is C41H25N7. The fourth-order valence-electron chi connectivity index (χ4n) is 7.50. The lowest BCUT2D eigenvalue weighted by Gasteiger charge is -2.10. The number of hydrogen-bond donors (Lipinski definition) is 0. The summed E-state index contributed by atoms with van der Waals surface area (Å²) < 4.78 is 9.05. The Morgan fingerprint density at radius 2 is 1.08 bits per heavy atom. The number of rotatable bonds is 3. The molecule has 0 atom stereocenters. The number of nitrogens with zero attached hydrogens (tertiary/aromatic N) is 7. The minimum absolute atomic E-state index is 0.590. The molecule has 0 spiro atoms. The second-order valence-corrected chi connectivity index (χ2v) is 12.2. The van der Waals surface area contributed by atoms with Crippen LogP contribution in [0.15, 0.2) is 152 Å². The fourth-order valence-corrected chi connectivity index (χ4v) is 7.50. The fraction of sp³-hybridized carbons (Fsp3) is 0. The van der Waals surface area contributed by atoms with E-state index < -0.39 is 0 Å². The topological polar surface area (TPSA) is 57.4 Å². The quantitative estimate of drug-likeness (QED) is 0.199. The van der Waals surface area contributed by atoms with Gasteiger partial charge in [0.15, 0.2) is 0 Å². The van der Waals surface area contributed by atoms with Gasteiger partial charge in [0.05, 0.1) is 49.8 Å². The largest absolute Gasteiger partial charge is 0.294 e. The third kappa shape index (κ3) is 3.39. The zero-order chi connectivity index (χ0) is 31.3. The molecule has 7 nitrogen and oxygen atoms in total. The summed E-state index contributed by atoms with van der Waals surface area (Å²) in [5.74, 6) is 1.36. The first-order chi connectivity index (χ1) is 23.8. The Balaban J connectivity index is 1.21. The van der Waals surface area contributed by atoms with Crippen molar-refractivity contribution in [1.29, 1.82) is 0 Å². The highest BCUT2D eigenvalue weighted by molar-refractivity contribution is 5.98. The highest BCUT2D eigenvalue weighted by Gasteiger charge is 2.22. The molecule has 11 rings (SSSR count). The van der Waals surface area contributed by atoms with Crippen LogP contribution in [-0.4, -0.2) is 32.9 Å². The Morgan fingerprint density at radius 1 is 0.417 bits per heavy atom. The minimum atomic E-state index is 0.590. The molecule has 0 aliphatic heterocycles. The lowest BCUT2D eigenvalue weighted by atomic mass is 10.1. The molecule has 0 saturated carbocycles. The molecule has 0 aliphatic rings. The highest BCUT2D eigenvalue weighted by atomic mass is 15.3. The Kier molecular flexibility index (Phi) is 4.99. The molecule has 5 aromatic heterocycles. The van der Waals surface area contributed by atoms with Crippen molar-refractivity contribution in [3.05, 3.63) is 152 Å².